The van der Waals surface area contributed by atoms with Crippen LogP contribution in [0.4, 0.5) is 0 Å². The zero-order valence-electron chi connectivity index (χ0n) is 9.61. The zero-order chi connectivity index (χ0) is 13.1. The molecule has 3 N–H and O–H groups in total. The van der Waals surface area contributed by atoms with Crippen molar-refractivity contribution in [3.05, 3.63) is 49.0 Å². The number of hydrogen-bond acceptors (Lipinski definition) is 4. The van der Waals surface area contributed by atoms with Crippen molar-refractivity contribution in [2.45, 2.75) is 6.04 Å². The van der Waals surface area contributed by atoms with E-state index in [1.54, 1.807) is 18.4 Å². The third-order valence-electron chi connectivity index (χ3n) is 2.56. The molecule has 0 radical (unpaired) electrons. The molecule has 3 nitrogen and oxygen atoms in total. The molecule has 0 aliphatic carbocycles. The summed E-state index contributed by atoms with van der Waals surface area (Å²) in [5.41, 5.74) is 3.94. The van der Waals surface area contributed by atoms with Crippen molar-refractivity contribution in [3.8, 4) is 5.75 Å². The molecule has 0 aliphatic rings. The van der Waals surface area contributed by atoms with Gasteiger partial charge in [-0.25, -0.2) is 5.43 Å². The second-order valence-electron chi connectivity index (χ2n) is 3.64. The number of ether oxygens (including phenoxy) is 1. The average molecular weight is 392 g/mol. The third kappa shape index (κ3) is 2.95. The van der Waals surface area contributed by atoms with Crippen molar-refractivity contribution in [1.82, 2.24) is 5.43 Å². The van der Waals surface area contributed by atoms with E-state index in [9.17, 15) is 0 Å². The molecule has 1 atom stereocenters. The van der Waals surface area contributed by atoms with Gasteiger partial charge < -0.3 is 4.74 Å². The monoisotopic (exact) mass is 390 g/mol. The van der Waals surface area contributed by atoms with E-state index in [1.165, 1.54) is 0 Å². The first-order valence-corrected chi connectivity index (χ1v) is 7.60. The van der Waals surface area contributed by atoms with Gasteiger partial charge in [0.25, 0.3) is 0 Å². The van der Waals surface area contributed by atoms with E-state index in [4.69, 9.17) is 10.6 Å². The highest BCUT2D eigenvalue weighted by Crippen LogP contribution is 2.37. The van der Waals surface area contributed by atoms with E-state index in [0.29, 0.717) is 0 Å². The maximum atomic E-state index is 5.66. The summed E-state index contributed by atoms with van der Waals surface area (Å²) in [5, 5.41) is 0. The first kappa shape index (κ1) is 14.0. The van der Waals surface area contributed by atoms with Gasteiger partial charge in [-0.3, -0.25) is 5.84 Å². The van der Waals surface area contributed by atoms with E-state index < -0.39 is 0 Å². The lowest BCUT2D eigenvalue weighted by Gasteiger charge is -2.14. The summed E-state index contributed by atoms with van der Waals surface area (Å²) in [6, 6.07) is 9.90. The summed E-state index contributed by atoms with van der Waals surface area (Å²) >= 11 is 8.62. The van der Waals surface area contributed by atoms with Crippen LogP contribution in [0, 0.1) is 0 Å². The van der Waals surface area contributed by atoms with Crippen LogP contribution in [-0.4, -0.2) is 7.11 Å². The Kier molecular flexibility index (Phi) is 4.80. The van der Waals surface area contributed by atoms with Gasteiger partial charge in [-0.1, -0.05) is 12.1 Å². The number of hydrazine groups is 1. The molecule has 0 saturated carbocycles. The summed E-state index contributed by atoms with van der Waals surface area (Å²) in [6.07, 6.45) is 0. The number of hydrogen-bond donors (Lipinski definition) is 2. The van der Waals surface area contributed by atoms with Crippen LogP contribution < -0.4 is 16.0 Å². The fourth-order valence-electron chi connectivity index (χ4n) is 1.64. The fraction of sp³-hybridized carbons (Fsp3) is 0.167. The lowest BCUT2D eigenvalue weighted by molar-refractivity contribution is 0.414. The van der Waals surface area contributed by atoms with Crippen LogP contribution in [0.5, 0.6) is 5.75 Å². The number of benzene rings is 1. The second kappa shape index (κ2) is 6.16. The van der Waals surface area contributed by atoms with E-state index in [1.807, 2.05) is 24.3 Å². The van der Waals surface area contributed by atoms with Gasteiger partial charge in [0.05, 0.1) is 16.9 Å². The number of nitrogens with one attached hydrogen (secondary N) is 1. The molecule has 18 heavy (non-hydrogen) atoms. The SMILES string of the molecule is COc1ccc(C(NN)c2cc(Br)c(Br)s2)cc1. The summed E-state index contributed by atoms with van der Waals surface area (Å²) in [7, 11) is 1.65. The molecule has 0 fully saturated rings. The molecule has 1 unspecified atom stereocenters. The van der Waals surface area contributed by atoms with Crippen LogP contribution in [0.25, 0.3) is 0 Å². The quantitative estimate of drug-likeness (QED) is 0.614. The molecule has 1 heterocycles. The highest BCUT2D eigenvalue weighted by atomic mass is 79.9. The molecule has 0 spiro atoms. The topological polar surface area (TPSA) is 47.3 Å². The predicted molar refractivity (Wildman–Crippen MR) is 81.9 cm³/mol. The Morgan fingerprint density at radius 1 is 1.28 bits per heavy atom. The lowest BCUT2D eigenvalue weighted by Crippen LogP contribution is -2.28. The molecule has 0 bridgehead atoms. The Balaban J connectivity index is 2.32. The van der Waals surface area contributed by atoms with Crippen LogP contribution in [0.15, 0.2) is 38.6 Å². The summed E-state index contributed by atoms with van der Waals surface area (Å²) < 4.78 is 7.25. The fourth-order valence-corrected chi connectivity index (χ4v) is 3.82. The van der Waals surface area contributed by atoms with Crippen molar-refractivity contribution < 1.29 is 4.74 Å². The molecule has 0 saturated heterocycles. The molecular formula is C12H12Br2N2OS. The first-order chi connectivity index (χ1) is 8.65. The first-order valence-electron chi connectivity index (χ1n) is 5.20. The number of methoxy groups -OCH3 is 1. The van der Waals surface area contributed by atoms with Crippen molar-refractivity contribution in [2.75, 3.05) is 7.11 Å². The van der Waals surface area contributed by atoms with Crippen LogP contribution in [0.1, 0.15) is 16.5 Å². The molecular weight excluding hydrogens is 380 g/mol. The Labute approximate surface area is 127 Å². The van der Waals surface area contributed by atoms with E-state index in [-0.39, 0.29) is 6.04 Å². The molecule has 2 rings (SSSR count). The predicted octanol–water partition coefficient (Wildman–Crippen LogP) is 3.83. The lowest BCUT2D eigenvalue weighted by atomic mass is 10.1. The second-order valence-corrected chi connectivity index (χ2v) is 6.90. The van der Waals surface area contributed by atoms with Crippen LogP contribution >= 0.6 is 43.2 Å². The third-order valence-corrected chi connectivity index (χ3v) is 5.89. The minimum absolute atomic E-state index is 0.0245. The maximum absolute atomic E-state index is 5.66. The van der Waals surface area contributed by atoms with Gasteiger partial charge >= 0.3 is 0 Å². The normalized spacial score (nSPS) is 12.4. The van der Waals surface area contributed by atoms with Crippen LogP contribution in [0.3, 0.4) is 0 Å². The molecule has 0 amide bonds. The van der Waals surface area contributed by atoms with Crippen LogP contribution in [-0.2, 0) is 0 Å². The van der Waals surface area contributed by atoms with Crippen molar-refractivity contribution in [3.63, 3.8) is 0 Å². The largest absolute Gasteiger partial charge is 0.497 e. The van der Waals surface area contributed by atoms with Crippen molar-refractivity contribution >= 4 is 43.2 Å². The van der Waals surface area contributed by atoms with Gasteiger partial charge in [-0.05, 0) is 55.6 Å². The molecule has 1 aromatic heterocycles. The van der Waals surface area contributed by atoms with Crippen molar-refractivity contribution in [2.24, 2.45) is 5.84 Å². The van der Waals surface area contributed by atoms with Gasteiger partial charge in [-0.2, -0.15) is 0 Å². The van der Waals surface area contributed by atoms with E-state index in [2.05, 4.69) is 43.4 Å². The number of nitrogens with two attached hydrogens (primary N) is 1. The molecule has 0 aliphatic heterocycles. The standard InChI is InChI=1S/C12H12Br2N2OS/c1-17-8-4-2-7(3-5-8)11(16-15)10-6-9(13)12(14)18-10/h2-6,11,16H,15H2,1H3. The van der Waals surface area contributed by atoms with Gasteiger partial charge in [0.1, 0.15) is 5.75 Å². The molecule has 6 heteroatoms. The van der Waals surface area contributed by atoms with Crippen molar-refractivity contribution in [1.29, 1.82) is 0 Å². The van der Waals surface area contributed by atoms with E-state index >= 15 is 0 Å². The summed E-state index contributed by atoms with van der Waals surface area (Å²) in [6.45, 7) is 0. The van der Waals surface area contributed by atoms with Gasteiger partial charge in [0.2, 0.25) is 0 Å². The Morgan fingerprint density at radius 3 is 2.39 bits per heavy atom. The molecule has 2 aromatic rings. The average Bonchev–Trinajstić information content (AvgIpc) is 2.71. The zero-order valence-corrected chi connectivity index (χ0v) is 13.6. The van der Waals surface area contributed by atoms with E-state index in [0.717, 1.165) is 24.4 Å². The Morgan fingerprint density at radius 2 is 1.94 bits per heavy atom. The van der Waals surface area contributed by atoms with Gasteiger partial charge in [-0.15, -0.1) is 11.3 Å². The number of thiophene rings is 1. The maximum Gasteiger partial charge on any atom is 0.118 e. The van der Waals surface area contributed by atoms with Gasteiger partial charge in [0, 0.05) is 9.35 Å². The Bertz CT molecular complexity index is 508. The highest BCUT2D eigenvalue weighted by molar-refractivity contribution is 9.13. The number of rotatable bonds is 4. The summed E-state index contributed by atoms with van der Waals surface area (Å²) in [5.74, 6) is 6.50. The highest BCUT2D eigenvalue weighted by Gasteiger charge is 2.16. The minimum atomic E-state index is -0.0245. The number of halogens is 2. The molecule has 96 valence electrons. The van der Waals surface area contributed by atoms with Crippen LogP contribution in [0.2, 0.25) is 0 Å². The summed E-state index contributed by atoms with van der Waals surface area (Å²) in [4.78, 5) is 1.14. The molecule has 1 aromatic carbocycles. The smallest absolute Gasteiger partial charge is 0.118 e. The van der Waals surface area contributed by atoms with Gasteiger partial charge in [0.15, 0.2) is 0 Å². The Hall–Kier alpha value is -0.400. The minimum Gasteiger partial charge on any atom is -0.497 e.